The van der Waals surface area contributed by atoms with E-state index < -0.39 is 27.8 Å². The molecule has 1 saturated carbocycles. The van der Waals surface area contributed by atoms with Crippen molar-refractivity contribution < 1.29 is 17.9 Å². The third-order valence-corrected chi connectivity index (χ3v) is 9.24. The average Bonchev–Trinajstić information content (AvgIpc) is 3.73. The first-order valence-corrected chi connectivity index (χ1v) is 15.5. The summed E-state index contributed by atoms with van der Waals surface area (Å²) >= 11 is 0. The Balaban J connectivity index is 1.43. The number of aromatic nitrogens is 3. The molecule has 1 aliphatic rings. The number of anilines is 2. The second-order valence-corrected chi connectivity index (χ2v) is 13.3. The summed E-state index contributed by atoms with van der Waals surface area (Å²) < 4.78 is 41.6. The SMILES string of the molecule is Cn1cc(-c2cccc(-n3ccc4cc(C5(C)CC5)cc(F)c4c3=O)c2CO)cc(Nc2ccc(S(C)(=O)=O)cn2)c1=O. The van der Waals surface area contributed by atoms with Crippen molar-refractivity contribution >= 4 is 32.1 Å². The molecule has 6 rings (SSSR count). The van der Waals surface area contributed by atoms with E-state index in [4.69, 9.17) is 0 Å². The van der Waals surface area contributed by atoms with Gasteiger partial charge in [0.2, 0.25) is 0 Å². The van der Waals surface area contributed by atoms with Gasteiger partial charge in [-0.15, -0.1) is 0 Å². The molecule has 0 atom stereocenters. The number of aryl methyl sites for hydroxylation is 1. The zero-order valence-electron chi connectivity index (χ0n) is 23.8. The number of aliphatic hydroxyl groups excluding tert-OH is 1. The highest BCUT2D eigenvalue weighted by Gasteiger charge is 2.39. The molecule has 43 heavy (non-hydrogen) atoms. The van der Waals surface area contributed by atoms with Gasteiger partial charge in [0, 0.05) is 43.0 Å². The highest BCUT2D eigenvalue weighted by molar-refractivity contribution is 7.90. The van der Waals surface area contributed by atoms with Gasteiger partial charge in [-0.05, 0) is 71.2 Å². The van der Waals surface area contributed by atoms with Gasteiger partial charge in [-0.25, -0.2) is 17.8 Å². The van der Waals surface area contributed by atoms with Gasteiger partial charge in [-0.1, -0.05) is 25.1 Å². The number of aliphatic hydroxyl groups is 1. The lowest BCUT2D eigenvalue weighted by Crippen LogP contribution is -2.21. The summed E-state index contributed by atoms with van der Waals surface area (Å²) in [5, 5.41) is 13.9. The Morgan fingerprint density at radius 3 is 2.49 bits per heavy atom. The number of hydrogen-bond donors (Lipinski definition) is 2. The number of nitrogens with one attached hydrogen (secondary N) is 1. The fourth-order valence-electron chi connectivity index (χ4n) is 5.34. The molecule has 2 N–H and O–H groups in total. The van der Waals surface area contributed by atoms with Crippen molar-refractivity contribution in [2.24, 2.45) is 7.05 Å². The normalized spacial score (nSPS) is 14.2. The van der Waals surface area contributed by atoms with Crippen LogP contribution in [0.5, 0.6) is 0 Å². The van der Waals surface area contributed by atoms with Gasteiger partial charge < -0.3 is 15.0 Å². The zero-order chi connectivity index (χ0) is 30.7. The molecule has 0 aliphatic heterocycles. The first-order chi connectivity index (χ1) is 20.4. The Hall–Kier alpha value is -4.61. The van der Waals surface area contributed by atoms with Crippen LogP contribution in [-0.4, -0.2) is 33.9 Å². The fraction of sp³-hybridized carbons (Fsp3) is 0.219. The average molecular weight is 601 g/mol. The Morgan fingerprint density at radius 1 is 1.07 bits per heavy atom. The molecule has 9 nitrogen and oxygen atoms in total. The van der Waals surface area contributed by atoms with Gasteiger partial charge in [0.15, 0.2) is 9.84 Å². The van der Waals surface area contributed by atoms with Crippen molar-refractivity contribution in [3.8, 4) is 16.8 Å². The monoisotopic (exact) mass is 600 g/mol. The molecular weight excluding hydrogens is 571 g/mol. The van der Waals surface area contributed by atoms with Crippen LogP contribution in [-0.2, 0) is 28.9 Å². The number of benzene rings is 2. The van der Waals surface area contributed by atoms with Crippen LogP contribution >= 0.6 is 0 Å². The summed E-state index contributed by atoms with van der Waals surface area (Å²) in [6, 6.07) is 14.6. The van der Waals surface area contributed by atoms with Crippen LogP contribution in [0.15, 0.2) is 87.7 Å². The van der Waals surface area contributed by atoms with E-state index in [-0.39, 0.29) is 32.8 Å². The van der Waals surface area contributed by atoms with Gasteiger partial charge >= 0.3 is 0 Å². The van der Waals surface area contributed by atoms with Gasteiger partial charge in [0.25, 0.3) is 11.1 Å². The van der Waals surface area contributed by atoms with Crippen molar-refractivity contribution in [2.45, 2.75) is 36.7 Å². The van der Waals surface area contributed by atoms with Gasteiger partial charge in [0.05, 0.1) is 22.6 Å². The lowest BCUT2D eigenvalue weighted by molar-refractivity contribution is 0.282. The van der Waals surface area contributed by atoms with Crippen LogP contribution in [0, 0.1) is 5.82 Å². The molecule has 1 fully saturated rings. The first kappa shape index (κ1) is 28.5. The summed E-state index contributed by atoms with van der Waals surface area (Å²) in [5.41, 5.74) is 2.00. The summed E-state index contributed by atoms with van der Waals surface area (Å²) in [4.78, 5) is 30.8. The number of nitrogens with zero attached hydrogens (tertiary/aromatic N) is 3. The fourth-order valence-corrected chi connectivity index (χ4v) is 5.90. The van der Waals surface area contributed by atoms with Crippen LogP contribution in [0.1, 0.15) is 30.9 Å². The third-order valence-electron chi connectivity index (χ3n) is 8.14. The van der Waals surface area contributed by atoms with E-state index >= 15 is 4.39 Å². The lowest BCUT2D eigenvalue weighted by Gasteiger charge is -2.17. The van der Waals surface area contributed by atoms with Crippen LogP contribution in [0.4, 0.5) is 15.9 Å². The second kappa shape index (κ2) is 10.3. The highest BCUT2D eigenvalue weighted by atomic mass is 32.2. The van der Waals surface area contributed by atoms with Gasteiger partial charge in [-0.2, -0.15) is 0 Å². The van der Waals surface area contributed by atoms with E-state index in [1.807, 2.05) is 6.07 Å². The number of fused-ring (bicyclic) bond motifs is 1. The van der Waals surface area contributed by atoms with Crippen molar-refractivity contribution in [1.29, 1.82) is 0 Å². The lowest BCUT2D eigenvalue weighted by atomic mass is 9.95. The summed E-state index contributed by atoms with van der Waals surface area (Å²) in [5.74, 6) is -0.310. The van der Waals surface area contributed by atoms with Crippen LogP contribution in [0.25, 0.3) is 27.6 Å². The predicted molar refractivity (Wildman–Crippen MR) is 163 cm³/mol. The smallest absolute Gasteiger partial charge is 0.274 e. The van der Waals surface area contributed by atoms with E-state index in [2.05, 4.69) is 17.2 Å². The van der Waals surface area contributed by atoms with E-state index in [9.17, 15) is 23.1 Å². The summed E-state index contributed by atoms with van der Waals surface area (Å²) in [7, 11) is -1.86. The molecule has 5 aromatic rings. The van der Waals surface area contributed by atoms with E-state index in [0.29, 0.717) is 27.8 Å². The van der Waals surface area contributed by atoms with Crippen LogP contribution < -0.4 is 16.4 Å². The molecule has 0 bridgehead atoms. The molecule has 0 radical (unpaired) electrons. The van der Waals surface area contributed by atoms with Crippen molar-refractivity contribution in [1.82, 2.24) is 14.1 Å². The standard InChI is InChI=1S/C32H29FN4O5S/c1-32(10-11-32)21-13-19-9-12-37(31(40)29(19)25(33)15-21)27-6-4-5-23(24(27)18-38)20-14-26(30(39)36(2)17-20)35-28-8-7-22(16-34-28)43(3,41)42/h4-9,12-17,38H,10-11,18H2,1-3H3,(H,34,35). The topological polar surface area (TPSA) is 123 Å². The molecule has 1 aliphatic carbocycles. The van der Waals surface area contributed by atoms with Crippen LogP contribution in [0.2, 0.25) is 0 Å². The molecule has 2 aromatic carbocycles. The largest absolute Gasteiger partial charge is 0.392 e. The van der Waals surface area contributed by atoms with E-state index in [0.717, 1.165) is 24.7 Å². The minimum absolute atomic E-state index is 0.0206. The quantitative estimate of drug-likeness (QED) is 0.280. The van der Waals surface area contributed by atoms with E-state index in [1.54, 1.807) is 49.8 Å². The maximum Gasteiger partial charge on any atom is 0.274 e. The molecule has 11 heteroatoms. The van der Waals surface area contributed by atoms with Gasteiger partial charge in [0.1, 0.15) is 17.3 Å². The Kier molecular flexibility index (Phi) is 6.82. The summed E-state index contributed by atoms with van der Waals surface area (Å²) in [6.07, 6.45) is 7.44. The highest BCUT2D eigenvalue weighted by Crippen LogP contribution is 2.48. The maximum atomic E-state index is 15.3. The Labute approximate surface area is 246 Å². The molecular formula is C32H29FN4O5S. The van der Waals surface area contributed by atoms with Crippen molar-refractivity contribution in [2.75, 3.05) is 11.6 Å². The molecule has 3 aromatic heterocycles. The molecule has 3 heterocycles. The number of rotatable bonds is 7. The van der Waals surface area contributed by atoms with Gasteiger partial charge in [-0.3, -0.25) is 14.2 Å². The van der Waals surface area contributed by atoms with Crippen molar-refractivity contribution in [3.63, 3.8) is 0 Å². The predicted octanol–water partition coefficient (Wildman–Crippen LogP) is 4.58. The molecule has 0 saturated heterocycles. The zero-order valence-corrected chi connectivity index (χ0v) is 24.6. The second-order valence-electron chi connectivity index (χ2n) is 11.3. The molecule has 0 amide bonds. The van der Waals surface area contributed by atoms with E-state index in [1.165, 1.54) is 33.5 Å². The van der Waals surface area contributed by atoms with Crippen LogP contribution in [0.3, 0.4) is 0 Å². The number of sulfone groups is 1. The first-order valence-electron chi connectivity index (χ1n) is 13.6. The van der Waals surface area contributed by atoms with Crippen molar-refractivity contribution in [3.05, 3.63) is 111 Å². The summed E-state index contributed by atoms with van der Waals surface area (Å²) in [6.45, 7) is 1.65. The third kappa shape index (κ3) is 5.15. The maximum absolute atomic E-state index is 15.3. The molecule has 0 unspecified atom stereocenters. The molecule has 220 valence electrons. The number of hydrogen-bond acceptors (Lipinski definition) is 7. The Morgan fingerprint density at radius 2 is 1.84 bits per heavy atom. The minimum atomic E-state index is -3.43. The Bertz CT molecular complexity index is 2150. The molecule has 0 spiro atoms. The number of pyridine rings is 3. The number of halogens is 1. The minimum Gasteiger partial charge on any atom is -0.392 e.